The Bertz CT molecular complexity index is 965. The number of Topliss-reactive ketones (excluding diaryl/α,β-unsaturated/α-hetero) is 1. The van der Waals surface area contributed by atoms with Crippen LogP contribution in [-0.4, -0.2) is 44.7 Å². The summed E-state index contributed by atoms with van der Waals surface area (Å²) in [6.07, 6.45) is 0.433. The maximum Gasteiger partial charge on any atom is 0.336 e. The number of carbonyl (C=O) groups excluding carboxylic acids is 3. The zero-order valence-electron chi connectivity index (χ0n) is 18.7. The minimum Gasteiger partial charge on any atom is -0.468 e. The van der Waals surface area contributed by atoms with Crippen molar-refractivity contribution in [2.24, 2.45) is 11.8 Å². The lowest BCUT2D eigenvalue weighted by Gasteiger charge is -2.38. The number of ether oxygens (including phenoxy) is 3. The first kappa shape index (κ1) is 23.7. The van der Waals surface area contributed by atoms with Crippen LogP contribution in [0, 0.1) is 17.7 Å². The van der Waals surface area contributed by atoms with Gasteiger partial charge in [0.05, 0.1) is 19.3 Å². The summed E-state index contributed by atoms with van der Waals surface area (Å²) in [5, 5.41) is 3.18. The molecular weight excluding hydrogens is 417 g/mol. The van der Waals surface area contributed by atoms with Gasteiger partial charge in [0.2, 0.25) is 0 Å². The Morgan fingerprint density at radius 2 is 1.88 bits per heavy atom. The van der Waals surface area contributed by atoms with Gasteiger partial charge in [0, 0.05) is 29.5 Å². The molecule has 3 rings (SSSR count). The molecule has 1 heterocycles. The molecule has 8 heteroatoms. The second kappa shape index (κ2) is 10.1. The highest BCUT2D eigenvalue weighted by Gasteiger charge is 2.47. The summed E-state index contributed by atoms with van der Waals surface area (Å²) >= 11 is 0. The van der Waals surface area contributed by atoms with Crippen molar-refractivity contribution in [2.45, 2.75) is 33.1 Å². The number of benzene rings is 1. The molecule has 2 aliphatic rings. The molecule has 1 aromatic rings. The van der Waals surface area contributed by atoms with Crippen LogP contribution in [0.2, 0.25) is 0 Å². The molecule has 0 aromatic heterocycles. The van der Waals surface area contributed by atoms with Gasteiger partial charge in [-0.2, -0.15) is 0 Å². The number of allylic oxidation sites excluding steroid dienone is 3. The van der Waals surface area contributed by atoms with E-state index >= 15 is 0 Å². The van der Waals surface area contributed by atoms with Crippen molar-refractivity contribution in [1.29, 1.82) is 0 Å². The maximum absolute atomic E-state index is 13.6. The molecule has 0 amide bonds. The van der Waals surface area contributed by atoms with E-state index in [-0.39, 0.29) is 24.7 Å². The molecule has 1 aliphatic heterocycles. The van der Waals surface area contributed by atoms with E-state index in [0.29, 0.717) is 35.6 Å². The van der Waals surface area contributed by atoms with E-state index in [0.717, 1.165) is 0 Å². The van der Waals surface area contributed by atoms with Crippen molar-refractivity contribution in [1.82, 2.24) is 5.32 Å². The van der Waals surface area contributed by atoms with Gasteiger partial charge >= 0.3 is 11.9 Å². The Morgan fingerprint density at radius 3 is 2.50 bits per heavy atom. The topological polar surface area (TPSA) is 90.9 Å². The maximum atomic E-state index is 13.6. The Hall–Kier alpha value is -3.00. The molecule has 1 aliphatic carbocycles. The van der Waals surface area contributed by atoms with Crippen molar-refractivity contribution in [2.75, 3.05) is 26.9 Å². The number of nitrogens with one attached hydrogen (secondary N) is 1. The Kier molecular flexibility index (Phi) is 7.45. The lowest BCUT2D eigenvalue weighted by atomic mass is 9.69. The molecule has 0 saturated heterocycles. The minimum absolute atomic E-state index is 0.0568. The van der Waals surface area contributed by atoms with Gasteiger partial charge in [-0.05, 0) is 43.9 Å². The summed E-state index contributed by atoms with van der Waals surface area (Å²) in [5.74, 6) is -4.09. The van der Waals surface area contributed by atoms with Crippen LogP contribution >= 0.6 is 0 Å². The van der Waals surface area contributed by atoms with Gasteiger partial charge in [0.1, 0.15) is 18.3 Å². The standard InChI is InChI=1S/C24H28FNO6/c1-5-31-10-11-32-24(29)19-14(3)26-17-12-13(2)18(23(28)30-4)22(27)21(17)20(19)15-6-8-16(25)9-7-15/h6-9,13,18,20,26H,5,10-12H2,1-4H3/t13-,18-,20+/m0/s1. The number of ketones is 1. The molecular formula is C24H28FNO6. The van der Waals surface area contributed by atoms with Crippen LogP contribution in [0.25, 0.3) is 0 Å². The Morgan fingerprint density at radius 1 is 1.19 bits per heavy atom. The van der Waals surface area contributed by atoms with Crippen LogP contribution in [0.4, 0.5) is 4.39 Å². The lowest BCUT2D eigenvalue weighted by molar-refractivity contribution is -0.151. The van der Waals surface area contributed by atoms with E-state index in [1.807, 2.05) is 13.8 Å². The third-order valence-corrected chi connectivity index (χ3v) is 5.83. The van der Waals surface area contributed by atoms with Crippen molar-refractivity contribution in [3.05, 3.63) is 58.2 Å². The quantitative estimate of drug-likeness (QED) is 0.392. The number of carbonyl (C=O) groups is 3. The lowest BCUT2D eigenvalue weighted by Crippen LogP contribution is -2.43. The van der Waals surface area contributed by atoms with E-state index in [1.54, 1.807) is 6.92 Å². The average molecular weight is 445 g/mol. The van der Waals surface area contributed by atoms with Crippen LogP contribution in [0.1, 0.15) is 38.7 Å². The van der Waals surface area contributed by atoms with Crippen LogP contribution < -0.4 is 5.32 Å². The molecule has 172 valence electrons. The number of esters is 2. The molecule has 32 heavy (non-hydrogen) atoms. The summed E-state index contributed by atoms with van der Waals surface area (Å²) in [4.78, 5) is 39.0. The summed E-state index contributed by atoms with van der Waals surface area (Å²) < 4.78 is 29.1. The van der Waals surface area contributed by atoms with Crippen molar-refractivity contribution >= 4 is 17.7 Å². The molecule has 7 nitrogen and oxygen atoms in total. The number of hydrogen-bond acceptors (Lipinski definition) is 7. The second-order valence-electron chi connectivity index (χ2n) is 7.92. The van der Waals surface area contributed by atoms with Gasteiger partial charge in [-0.1, -0.05) is 19.1 Å². The van der Waals surface area contributed by atoms with Crippen molar-refractivity contribution in [3.8, 4) is 0 Å². The third-order valence-electron chi connectivity index (χ3n) is 5.83. The summed E-state index contributed by atoms with van der Waals surface area (Å²) in [5.41, 5.74) is 2.32. The van der Waals surface area contributed by atoms with Gasteiger partial charge in [-0.3, -0.25) is 9.59 Å². The predicted molar refractivity (Wildman–Crippen MR) is 114 cm³/mol. The first-order valence-electron chi connectivity index (χ1n) is 10.6. The highest BCUT2D eigenvalue weighted by Crippen LogP contribution is 2.45. The fourth-order valence-corrected chi connectivity index (χ4v) is 4.36. The van der Waals surface area contributed by atoms with Gasteiger partial charge in [-0.15, -0.1) is 0 Å². The van der Waals surface area contributed by atoms with Gasteiger partial charge in [0.25, 0.3) is 0 Å². The molecule has 0 spiro atoms. The van der Waals surface area contributed by atoms with Gasteiger partial charge < -0.3 is 19.5 Å². The largest absolute Gasteiger partial charge is 0.468 e. The van der Waals surface area contributed by atoms with E-state index in [1.165, 1.54) is 31.4 Å². The van der Waals surface area contributed by atoms with Crippen LogP contribution in [0.3, 0.4) is 0 Å². The zero-order chi connectivity index (χ0) is 23.4. The van der Waals surface area contributed by atoms with Crippen LogP contribution in [0.5, 0.6) is 0 Å². The van der Waals surface area contributed by atoms with Gasteiger partial charge in [0.15, 0.2) is 5.78 Å². The molecule has 0 saturated carbocycles. The average Bonchev–Trinajstić information content (AvgIpc) is 2.76. The summed E-state index contributed by atoms with van der Waals surface area (Å²) in [6, 6.07) is 5.63. The van der Waals surface area contributed by atoms with E-state index < -0.39 is 35.4 Å². The first-order chi connectivity index (χ1) is 15.3. The fraction of sp³-hybridized carbons (Fsp3) is 0.458. The highest BCUT2D eigenvalue weighted by atomic mass is 19.1. The molecule has 0 bridgehead atoms. The highest BCUT2D eigenvalue weighted by molar-refractivity contribution is 6.12. The number of hydrogen-bond donors (Lipinski definition) is 1. The Balaban J connectivity index is 2.06. The second-order valence-corrected chi connectivity index (χ2v) is 7.92. The van der Waals surface area contributed by atoms with Crippen LogP contribution in [0.15, 0.2) is 46.8 Å². The predicted octanol–water partition coefficient (Wildman–Crippen LogP) is 3.02. The molecule has 0 unspecified atom stereocenters. The molecule has 3 atom stereocenters. The molecule has 1 N–H and O–H groups in total. The monoisotopic (exact) mass is 445 g/mol. The number of dihydropyridines is 1. The van der Waals surface area contributed by atoms with E-state index in [9.17, 15) is 18.8 Å². The Labute approximate surface area is 186 Å². The summed E-state index contributed by atoms with van der Waals surface area (Å²) in [7, 11) is 1.24. The van der Waals surface area contributed by atoms with Crippen molar-refractivity contribution < 1.29 is 33.0 Å². The first-order valence-corrected chi connectivity index (χ1v) is 10.6. The van der Waals surface area contributed by atoms with E-state index in [2.05, 4.69) is 5.32 Å². The number of rotatable bonds is 7. The molecule has 0 fully saturated rings. The smallest absolute Gasteiger partial charge is 0.336 e. The minimum atomic E-state index is -0.975. The SMILES string of the molecule is CCOCCOC(=O)C1=C(C)NC2=C(C(=O)[C@@H](C(=O)OC)[C@@H](C)C2)[C@@H]1c1ccc(F)cc1. The van der Waals surface area contributed by atoms with Crippen LogP contribution in [-0.2, 0) is 28.6 Å². The number of halogens is 1. The summed E-state index contributed by atoms with van der Waals surface area (Å²) in [6.45, 7) is 6.19. The third kappa shape index (κ3) is 4.60. The van der Waals surface area contributed by atoms with E-state index in [4.69, 9.17) is 14.2 Å². The normalized spacial score (nSPS) is 22.9. The fourth-order valence-electron chi connectivity index (χ4n) is 4.36. The van der Waals surface area contributed by atoms with Gasteiger partial charge in [-0.25, -0.2) is 9.18 Å². The number of methoxy groups -OCH3 is 1. The molecule has 0 radical (unpaired) electrons. The van der Waals surface area contributed by atoms with Crippen molar-refractivity contribution in [3.63, 3.8) is 0 Å². The zero-order valence-corrected chi connectivity index (χ0v) is 18.7. The molecule has 1 aromatic carbocycles.